The third-order valence-corrected chi connectivity index (χ3v) is 5.42. The van der Waals surface area contributed by atoms with Crippen molar-refractivity contribution in [3.05, 3.63) is 50.1 Å². The van der Waals surface area contributed by atoms with Gasteiger partial charge in [-0.3, -0.25) is 4.79 Å². The molecule has 0 spiro atoms. The van der Waals surface area contributed by atoms with E-state index in [1.807, 2.05) is 16.8 Å². The van der Waals surface area contributed by atoms with Crippen molar-refractivity contribution in [1.29, 1.82) is 0 Å². The summed E-state index contributed by atoms with van der Waals surface area (Å²) in [7, 11) is 1.56. The number of aldehydes is 1. The molecule has 0 N–H and O–H groups in total. The Morgan fingerprint density at radius 1 is 1.30 bits per heavy atom. The number of thiazole rings is 1. The van der Waals surface area contributed by atoms with Crippen LogP contribution in [0.5, 0.6) is 11.5 Å². The van der Waals surface area contributed by atoms with Crippen LogP contribution in [0.4, 0.5) is 0 Å². The fourth-order valence-electron chi connectivity index (χ4n) is 1.96. The fourth-order valence-corrected chi connectivity index (χ4v) is 3.89. The minimum atomic E-state index is 0.316. The number of thiophene rings is 1. The predicted molar refractivity (Wildman–Crippen MR) is 95.8 cm³/mol. The number of aromatic nitrogens is 1. The molecule has 0 amide bonds. The number of carbonyl (C=O) groups is 1. The van der Waals surface area contributed by atoms with E-state index in [0.29, 0.717) is 28.1 Å². The molecular formula is C16H12BrNO3S2. The van der Waals surface area contributed by atoms with Crippen molar-refractivity contribution in [2.24, 2.45) is 0 Å². The Balaban J connectivity index is 1.77. The molecule has 0 bridgehead atoms. The summed E-state index contributed by atoms with van der Waals surface area (Å²) < 4.78 is 11.7. The maximum atomic E-state index is 11.1. The zero-order valence-corrected chi connectivity index (χ0v) is 15.3. The average Bonchev–Trinajstić information content (AvgIpc) is 3.24. The lowest BCUT2D eigenvalue weighted by molar-refractivity contribution is 0.112. The second-order valence-electron chi connectivity index (χ2n) is 4.59. The van der Waals surface area contributed by atoms with Crippen LogP contribution in [0.25, 0.3) is 10.6 Å². The molecule has 0 aliphatic heterocycles. The monoisotopic (exact) mass is 409 g/mol. The highest BCUT2D eigenvalue weighted by Gasteiger charge is 2.11. The summed E-state index contributed by atoms with van der Waals surface area (Å²) in [5.74, 6) is 1.08. The standard InChI is InChI=1S/C16H12BrNO3S2/c1-20-14-5-13(17)11(6-19)4-15(14)21-7-12-9-23-16(18-12)10-2-3-22-8-10/h2-6,8-9H,7H2,1H3. The van der Waals surface area contributed by atoms with Crippen LogP contribution in [0.2, 0.25) is 0 Å². The second kappa shape index (κ2) is 7.25. The number of nitrogens with zero attached hydrogens (tertiary/aromatic N) is 1. The number of carbonyl (C=O) groups excluding carboxylic acids is 1. The molecule has 0 atom stereocenters. The van der Waals surface area contributed by atoms with Crippen molar-refractivity contribution in [2.75, 3.05) is 7.11 Å². The van der Waals surface area contributed by atoms with Gasteiger partial charge < -0.3 is 9.47 Å². The van der Waals surface area contributed by atoms with Gasteiger partial charge in [-0.25, -0.2) is 4.98 Å². The number of rotatable bonds is 6. The molecule has 0 unspecified atom stereocenters. The van der Waals surface area contributed by atoms with Crippen molar-refractivity contribution >= 4 is 44.9 Å². The summed E-state index contributed by atoms with van der Waals surface area (Å²) in [5, 5.41) is 7.04. The Hall–Kier alpha value is -1.70. The molecule has 4 nitrogen and oxygen atoms in total. The Kier molecular flexibility index (Phi) is 5.09. The fraction of sp³-hybridized carbons (Fsp3) is 0.125. The van der Waals surface area contributed by atoms with Gasteiger partial charge in [-0.05, 0) is 39.5 Å². The topological polar surface area (TPSA) is 48.4 Å². The van der Waals surface area contributed by atoms with Gasteiger partial charge in [0.25, 0.3) is 0 Å². The van der Waals surface area contributed by atoms with E-state index >= 15 is 0 Å². The molecular weight excluding hydrogens is 398 g/mol. The third-order valence-electron chi connectivity index (χ3n) is 3.11. The SMILES string of the molecule is COc1cc(Br)c(C=O)cc1OCc1csc(-c2ccsc2)n1. The predicted octanol–water partition coefficient (Wildman–Crippen LogP) is 5.03. The van der Waals surface area contributed by atoms with E-state index in [4.69, 9.17) is 9.47 Å². The van der Waals surface area contributed by atoms with E-state index in [1.54, 1.807) is 41.9 Å². The molecule has 0 aliphatic carbocycles. The molecule has 0 aliphatic rings. The maximum absolute atomic E-state index is 11.1. The van der Waals surface area contributed by atoms with Crippen LogP contribution in [0.3, 0.4) is 0 Å². The molecule has 0 saturated heterocycles. The van der Waals surface area contributed by atoms with Gasteiger partial charge in [0.2, 0.25) is 0 Å². The molecule has 23 heavy (non-hydrogen) atoms. The van der Waals surface area contributed by atoms with Crippen molar-refractivity contribution in [2.45, 2.75) is 6.61 Å². The minimum Gasteiger partial charge on any atom is -0.493 e. The smallest absolute Gasteiger partial charge is 0.162 e. The highest BCUT2D eigenvalue weighted by atomic mass is 79.9. The van der Waals surface area contributed by atoms with Crippen LogP contribution in [-0.2, 0) is 6.61 Å². The van der Waals surface area contributed by atoms with Gasteiger partial charge in [-0.1, -0.05) is 0 Å². The van der Waals surface area contributed by atoms with Gasteiger partial charge in [0.05, 0.1) is 12.8 Å². The third kappa shape index (κ3) is 3.63. The number of ether oxygens (including phenoxy) is 2. The number of hydrogen-bond acceptors (Lipinski definition) is 6. The van der Waals surface area contributed by atoms with E-state index in [2.05, 4.69) is 26.3 Å². The molecule has 3 aromatic rings. The van der Waals surface area contributed by atoms with Gasteiger partial charge in [-0.15, -0.1) is 11.3 Å². The molecule has 2 aromatic heterocycles. The van der Waals surface area contributed by atoms with Crippen molar-refractivity contribution in [3.63, 3.8) is 0 Å². The van der Waals surface area contributed by atoms with E-state index in [0.717, 1.165) is 22.6 Å². The lowest BCUT2D eigenvalue weighted by atomic mass is 10.2. The summed E-state index contributed by atoms with van der Waals surface area (Å²) >= 11 is 6.56. The number of benzene rings is 1. The Labute approximate surface area is 149 Å². The van der Waals surface area contributed by atoms with Gasteiger partial charge >= 0.3 is 0 Å². The first kappa shape index (κ1) is 16.2. The molecule has 118 valence electrons. The highest BCUT2D eigenvalue weighted by Crippen LogP contribution is 2.33. The lowest BCUT2D eigenvalue weighted by Crippen LogP contribution is -1.99. The number of halogens is 1. The lowest BCUT2D eigenvalue weighted by Gasteiger charge is -2.11. The van der Waals surface area contributed by atoms with E-state index in [9.17, 15) is 4.79 Å². The first-order valence-electron chi connectivity index (χ1n) is 6.63. The normalized spacial score (nSPS) is 10.5. The minimum absolute atomic E-state index is 0.316. The Morgan fingerprint density at radius 2 is 2.17 bits per heavy atom. The van der Waals surface area contributed by atoms with E-state index in [-0.39, 0.29) is 0 Å². The van der Waals surface area contributed by atoms with Crippen LogP contribution in [0.15, 0.2) is 38.8 Å². The van der Waals surface area contributed by atoms with Crippen LogP contribution in [0, 0.1) is 0 Å². The molecule has 1 aromatic carbocycles. The summed E-state index contributed by atoms with van der Waals surface area (Å²) in [4.78, 5) is 15.6. The van der Waals surface area contributed by atoms with E-state index in [1.165, 1.54) is 0 Å². The summed E-state index contributed by atoms with van der Waals surface area (Å²) in [5.41, 5.74) is 2.47. The summed E-state index contributed by atoms with van der Waals surface area (Å²) in [6, 6.07) is 5.42. The maximum Gasteiger partial charge on any atom is 0.162 e. The van der Waals surface area contributed by atoms with Crippen LogP contribution >= 0.6 is 38.6 Å². The summed E-state index contributed by atoms with van der Waals surface area (Å²) in [6.45, 7) is 0.316. The Morgan fingerprint density at radius 3 is 2.87 bits per heavy atom. The molecule has 0 radical (unpaired) electrons. The van der Waals surface area contributed by atoms with Crippen molar-refractivity contribution in [3.8, 4) is 22.1 Å². The molecule has 0 fully saturated rings. The first-order chi connectivity index (χ1) is 11.2. The highest BCUT2D eigenvalue weighted by molar-refractivity contribution is 9.10. The molecule has 0 saturated carbocycles. The quantitative estimate of drug-likeness (QED) is 0.535. The van der Waals surface area contributed by atoms with Crippen molar-refractivity contribution in [1.82, 2.24) is 4.98 Å². The van der Waals surface area contributed by atoms with Crippen LogP contribution in [-0.4, -0.2) is 18.4 Å². The van der Waals surface area contributed by atoms with Gasteiger partial charge in [-0.2, -0.15) is 11.3 Å². The number of methoxy groups -OCH3 is 1. The molecule has 7 heteroatoms. The van der Waals surface area contributed by atoms with Gasteiger partial charge in [0, 0.05) is 26.4 Å². The van der Waals surface area contributed by atoms with Crippen LogP contribution < -0.4 is 9.47 Å². The zero-order chi connectivity index (χ0) is 16.2. The first-order valence-corrected chi connectivity index (χ1v) is 9.25. The second-order valence-corrected chi connectivity index (χ2v) is 7.08. The average molecular weight is 410 g/mol. The molecule has 2 heterocycles. The summed E-state index contributed by atoms with van der Waals surface area (Å²) in [6.07, 6.45) is 0.772. The van der Waals surface area contributed by atoms with Gasteiger partial charge in [0.1, 0.15) is 11.6 Å². The van der Waals surface area contributed by atoms with Crippen LogP contribution in [0.1, 0.15) is 16.1 Å². The van der Waals surface area contributed by atoms with E-state index < -0.39 is 0 Å². The van der Waals surface area contributed by atoms with Gasteiger partial charge in [0.15, 0.2) is 17.8 Å². The number of hydrogen-bond donors (Lipinski definition) is 0. The Bertz CT molecular complexity index is 815. The largest absolute Gasteiger partial charge is 0.493 e. The zero-order valence-electron chi connectivity index (χ0n) is 12.1. The van der Waals surface area contributed by atoms with Crippen molar-refractivity contribution < 1.29 is 14.3 Å². The molecule has 3 rings (SSSR count).